The van der Waals surface area contributed by atoms with E-state index in [-0.39, 0.29) is 5.76 Å². The minimum Gasteiger partial charge on any atom is -0.449 e. The standard InChI is InChI=1S/C13H9F3N2O2/c1-18-8-4-6(13(14,15)16)2-3-7(8)11-9(18)5-10(20-11)12(17)19/h2-5H,1H3,(H2,17,19). The Morgan fingerprint density at radius 1 is 1.25 bits per heavy atom. The number of furan rings is 1. The number of alkyl halides is 3. The average Bonchev–Trinajstić information content (AvgIpc) is 2.89. The number of halogens is 3. The van der Waals surface area contributed by atoms with Crippen LogP contribution in [0, 0.1) is 0 Å². The van der Waals surface area contributed by atoms with E-state index in [2.05, 4.69) is 0 Å². The molecular weight excluding hydrogens is 273 g/mol. The maximum Gasteiger partial charge on any atom is 0.416 e. The Kier molecular flexibility index (Phi) is 2.38. The zero-order valence-corrected chi connectivity index (χ0v) is 10.3. The van der Waals surface area contributed by atoms with Gasteiger partial charge in [0.25, 0.3) is 5.91 Å². The number of benzene rings is 1. The molecule has 0 aliphatic carbocycles. The molecule has 3 aromatic rings. The molecule has 0 atom stereocenters. The highest BCUT2D eigenvalue weighted by atomic mass is 19.4. The topological polar surface area (TPSA) is 61.2 Å². The molecule has 2 aromatic heterocycles. The van der Waals surface area contributed by atoms with Gasteiger partial charge in [-0.15, -0.1) is 0 Å². The van der Waals surface area contributed by atoms with E-state index in [0.717, 1.165) is 12.1 Å². The van der Waals surface area contributed by atoms with Gasteiger partial charge < -0.3 is 14.7 Å². The van der Waals surface area contributed by atoms with Gasteiger partial charge in [0.15, 0.2) is 11.3 Å². The molecule has 104 valence electrons. The van der Waals surface area contributed by atoms with Gasteiger partial charge >= 0.3 is 6.18 Å². The Balaban J connectivity index is 2.33. The van der Waals surface area contributed by atoms with E-state index in [1.54, 1.807) is 7.05 Å². The van der Waals surface area contributed by atoms with Gasteiger partial charge in [-0.05, 0) is 18.2 Å². The SMILES string of the molecule is Cn1c2cc(C(F)(F)F)ccc2c2oc(C(N)=O)cc21. The number of nitrogens with zero attached hydrogens (tertiary/aromatic N) is 1. The molecule has 1 amide bonds. The van der Waals surface area contributed by atoms with Crippen molar-refractivity contribution < 1.29 is 22.4 Å². The van der Waals surface area contributed by atoms with E-state index in [1.165, 1.54) is 16.7 Å². The van der Waals surface area contributed by atoms with Gasteiger partial charge in [-0.2, -0.15) is 13.2 Å². The number of hydrogen-bond acceptors (Lipinski definition) is 2. The fourth-order valence-electron chi connectivity index (χ4n) is 2.25. The molecule has 0 aliphatic rings. The lowest BCUT2D eigenvalue weighted by Gasteiger charge is -2.06. The molecule has 1 aromatic carbocycles. The van der Waals surface area contributed by atoms with Crippen LogP contribution in [0.2, 0.25) is 0 Å². The fourth-order valence-corrected chi connectivity index (χ4v) is 2.25. The maximum absolute atomic E-state index is 12.7. The summed E-state index contributed by atoms with van der Waals surface area (Å²) in [5.41, 5.74) is 5.64. The first-order chi connectivity index (χ1) is 9.29. The lowest BCUT2D eigenvalue weighted by atomic mass is 10.1. The number of primary amides is 1. The first kappa shape index (κ1) is 12.6. The first-order valence-corrected chi connectivity index (χ1v) is 5.68. The van der Waals surface area contributed by atoms with Crippen LogP contribution >= 0.6 is 0 Å². The summed E-state index contributed by atoms with van der Waals surface area (Å²) in [5, 5.41) is 0.503. The van der Waals surface area contributed by atoms with Crippen molar-refractivity contribution in [1.29, 1.82) is 0 Å². The number of aryl methyl sites for hydroxylation is 1. The minimum absolute atomic E-state index is 0.0209. The zero-order valence-electron chi connectivity index (χ0n) is 10.3. The van der Waals surface area contributed by atoms with Crippen molar-refractivity contribution in [3.8, 4) is 0 Å². The second-order valence-corrected chi connectivity index (χ2v) is 4.48. The first-order valence-electron chi connectivity index (χ1n) is 5.68. The van der Waals surface area contributed by atoms with Crippen LogP contribution in [0.25, 0.3) is 22.0 Å². The van der Waals surface area contributed by atoms with Crippen LogP contribution in [0.3, 0.4) is 0 Å². The van der Waals surface area contributed by atoms with Gasteiger partial charge in [-0.3, -0.25) is 4.79 Å². The van der Waals surface area contributed by atoms with Crippen molar-refractivity contribution in [3.63, 3.8) is 0 Å². The molecule has 2 heterocycles. The highest BCUT2D eigenvalue weighted by molar-refractivity contribution is 6.07. The average molecular weight is 282 g/mol. The fraction of sp³-hybridized carbons (Fsp3) is 0.154. The van der Waals surface area contributed by atoms with Crippen molar-refractivity contribution in [2.75, 3.05) is 0 Å². The van der Waals surface area contributed by atoms with Crippen molar-refractivity contribution in [2.24, 2.45) is 12.8 Å². The summed E-state index contributed by atoms with van der Waals surface area (Å²) in [5.74, 6) is -0.742. The van der Waals surface area contributed by atoms with Crippen LogP contribution in [0.4, 0.5) is 13.2 Å². The summed E-state index contributed by atoms with van der Waals surface area (Å²) < 4.78 is 45.0. The predicted octanol–water partition coefficient (Wildman–Crippen LogP) is 3.04. The van der Waals surface area contributed by atoms with Gasteiger partial charge in [0.1, 0.15) is 0 Å². The third-order valence-corrected chi connectivity index (χ3v) is 3.25. The molecule has 20 heavy (non-hydrogen) atoms. The molecule has 0 saturated heterocycles. The normalized spacial score (nSPS) is 12.4. The largest absolute Gasteiger partial charge is 0.449 e. The van der Waals surface area contributed by atoms with Crippen LogP contribution in [-0.4, -0.2) is 10.5 Å². The van der Waals surface area contributed by atoms with E-state index < -0.39 is 17.6 Å². The summed E-state index contributed by atoms with van der Waals surface area (Å²) >= 11 is 0. The lowest BCUT2D eigenvalue weighted by Crippen LogP contribution is -2.09. The van der Waals surface area contributed by atoms with Gasteiger partial charge in [-0.25, -0.2) is 0 Å². The highest BCUT2D eigenvalue weighted by Crippen LogP contribution is 2.35. The van der Waals surface area contributed by atoms with Crippen molar-refractivity contribution in [3.05, 3.63) is 35.6 Å². The second kappa shape index (κ2) is 3.78. The van der Waals surface area contributed by atoms with Crippen molar-refractivity contribution in [2.45, 2.75) is 6.18 Å². The Bertz CT molecular complexity index is 843. The van der Waals surface area contributed by atoms with Crippen molar-refractivity contribution in [1.82, 2.24) is 4.57 Å². The number of hydrogen-bond donors (Lipinski definition) is 1. The second-order valence-electron chi connectivity index (χ2n) is 4.48. The van der Waals surface area contributed by atoms with Crippen LogP contribution in [0.1, 0.15) is 16.1 Å². The number of amides is 1. The molecule has 7 heteroatoms. The minimum atomic E-state index is -4.40. The number of carbonyl (C=O) groups excluding carboxylic acids is 1. The molecule has 0 spiro atoms. The third kappa shape index (κ3) is 1.66. The van der Waals surface area contributed by atoms with Crippen LogP contribution in [-0.2, 0) is 13.2 Å². The molecule has 0 fully saturated rings. The molecule has 0 bridgehead atoms. The molecule has 4 nitrogen and oxygen atoms in total. The number of fused-ring (bicyclic) bond motifs is 3. The predicted molar refractivity (Wildman–Crippen MR) is 66.2 cm³/mol. The molecule has 0 unspecified atom stereocenters. The monoisotopic (exact) mass is 282 g/mol. The number of nitrogens with two attached hydrogens (primary N) is 1. The Hall–Kier alpha value is -2.44. The summed E-state index contributed by atoms with van der Waals surface area (Å²) in [6, 6.07) is 4.78. The number of rotatable bonds is 1. The van der Waals surface area contributed by atoms with E-state index in [0.29, 0.717) is 22.0 Å². The molecule has 0 radical (unpaired) electrons. The highest BCUT2D eigenvalue weighted by Gasteiger charge is 2.31. The Morgan fingerprint density at radius 3 is 2.55 bits per heavy atom. The Labute approximate surface area is 110 Å². The summed E-state index contributed by atoms with van der Waals surface area (Å²) in [6.07, 6.45) is -4.40. The smallest absolute Gasteiger partial charge is 0.416 e. The van der Waals surface area contributed by atoms with Gasteiger partial charge in [0.05, 0.1) is 16.6 Å². The number of aromatic nitrogens is 1. The molecule has 3 rings (SSSR count). The van der Waals surface area contributed by atoms with Crippen LogP contribution < -0.4 is 5.73 Å². The van der Waals surface area contributed by atoms with E-state index in [1.807, 2.05) is 0 Å². The quantitative estimate of drug-likeness (QED) is 0.745. The lowest BCUT2D eigenvalue weighted by molar-refractivity contribution is -0.137. The van der Waals surface area contributed by atoms with Crippen LogP contribution in [0.15, 0.2) is 28.7 Å². The van der Waals surface area contributed by atoms with Crippen LogP contribution in [0.5, 0.6) is 0 Å². The zero-order chi connectivity index (χ0) is 14.7. The molecule has 2 N–H and O–H groups in total. The third-order valence-electron chi connectivity index (χ3n) is 3.25. The summed E-state index contributed by atoms with van der Waals surface area (Å²) in [6.45, 7) is 0. The van der Waals surface area contributed by atoms with Gasteiger partial charge in [-0.1, -0.05) is 0 Å². The van der Waals surface area contributed by atoms with Gasteiger partial charge in [0.2, 0.25) is 0 Å². The van der Waals surface area contributed by atoms with Gasteiger partial charge in [0, 0.05) is 18.5 Å². The Morgan fingerprint density at radius 2 is 1.95 bits per heavy atom. The van der Waals surface area contributed by atoms with Crippen molar-refractivity contribution >= 4 is 27.9 Å². The summed E-state index contributed by atoms with van der Waals surface area (Å²) in [4.78, 5) is 11.1. The maximum atomic E-state index is 12.7. The number of carbonyl (C=O) groups is 1. The molecule has 0 saturated carbocycles. The summed E-state index contributed by atoms with van der Waals surface area (Å²) in [7, 11) is 1.60. The molecular formula is C13H9F3N2O2. The van der Waals surface area contributed by atoms with E-state index >= 15 is 0 Å². The van der Waals surface area contributed by atoms with E-state index in [4.69, 9.17) is 10.2 Å². The molecule has 0 aliphatic heterocycles. The van der Waals surface area contributed by atoms with E-state index in [9.17, 15) is 18.0 Å².